The lowest BCUT2D eigenvalue weighted by Crippen LogP contribution is -2.43. The largest absolute Gasteiger partial charge is 0.464 e. The van der Waals surface area contributed by atoms with E-state index in [9.17, 15) is 4.79 Å². The predicted octanol–water partition coefficient (Wildman–Crippen LogP) is 3.84. The molecule has 21 heavy (non-hydrogen) atoms. The van der Waals surface area contributed by atoms with Gasteiger partial charge in [-0.1, -0.05) is 33.1 Å². The molecule has 116 valence electrons. The Morgan fingerprint density at radius 1 is 1.33 bits per heavy atom. The number of rotatable bonds is 2. The Balaban J connectivity index is 2.00. The smallest absolute Gasteiger partial charge is 0.356 e. The van der Waals surface area contributed by atoms with Crippen LogP contribution in [0.2, 0.25) is 0 Å². The lowest BCUT2D eigenvalue weighted by molar-refractivity contribution is 0.00976. The minimum absolute atomic E-state index is 0.196. The molecule has 3 atom stereocenters. The molecule has 1 heterocycles. The number of imidazole rings is 1. The summed E-state index contributed by atoms with van der Waals surface area (Å²) in [5.41, 5.74) is 0.795. The van der Waals surface area contributed by atoms with Crippen molar-refractivity contribution in [2.45, 2.75) is 58.4 Å². The highest BCUT2D eigenvalue weighted by atomic mass is 16.5. The molecule has 1 aromatic heterocycles. The molecule has 0 N–H and O–H groups in total. The molecule has 0 unspecified atom stereocenters. The Labute approximate surface area is 126 Å². The van der Waals surface area contributed by atoms with Crippen LogP contribution in [0.1, 0.15) is 68.9 Å². The third kappa shape index (κ3) is 2.49. The van der Waals surface area contributed by atoms with Gasteiger partial charge in [-0.2, -0.15) is 0 Å². The van der Waals surface area contributed by atoms with Gasteiger partial charge in [0, 0.05) is 6.04 Å². The van der Waals surface area contributed by atoms with Gasteiger partial charge in [-0.25, -0.2) is 9.78 Å². The summed E-state index contributed by atoms with van der Waals surface area (Å²) in [6.07, 6.45) is 11.3. The van der Waals surface area contributed by atoms with Crippen molar-refractivity contribution in [2.24, 2.45) is 17.3 Å². The summed E-state index contributed by atoms with van der Waals surface area (Å²) in [5, 5.41) is 0. The Kier molecular flexibility index (Phi) is 3.80. The molecule has 2 fully saturated rings. The second kappa shape index (κ2) is 5.47. The second-order valence-corrected chi connectivity index (χ2v) is 7.36. The van der Waals surface area contributed by atoms with Crippen molar-refractivity contribution in [1.82, 2.24) is 9.55 Å². The summed E-state index contributed by atoms with van der Waals surface area (Å²) >= 11 is 0. The standard InChI is InChI=1S/C17H26N2O2/c1-17(2)9-8-12-6-4-5-7-13(12)15(17)19-11-18-10-14(19)16(20)21-3/h10-13,15H,4-9H2,1-3H3/t12-,13-,15-/m0/s1. The van der Waals surface area contributed by atoms with Gasteiger partial charge in [0.2, 0.25) is 0 Å². The Bertz CT molecular complexity index is 521. The van der Waals surface area contributed by atoms with E-state index in [1.165, 1.54) is 45.6 Å². The third-order valence-corrected chi connectivity index (χ3v) is 5.69. The number of nitrogens with zero attached hydrogens (tertiary/aromatic N) is 2. The lowest BCUT2D eigenvalue weighted by atomic mass is 9.59. The molecule has 0 bridgehead atoms. The quantitative estimate of drug-likeness (QED) is 0.777. The molecule has 0 radical (unpaired) electrons. The molecule has 0 saturated heterocycles. The van der Waals surface area contributed by atoms with Crippen molar-refractivity contribution < 1.29 is 9.53 Å². The van der Waals surface area contributed by atoms with E-state index in [0.29, 0.717) is 17.7 Å². The average Bonchev–Trinajstić information content (AvgIpc) is 2.94. The first-order valence-electron chi connectivity index (χ1n) is 8.15. The van der Waals surface area contributed by atoms with Crippen molar-refractivity contribution in [1.29, 1.82) is 0 Å². The molecule has 4 nitrogen and oxygen atoms in total. The van der Waals surface area contributed by atoms with E-state index in [1.54, 1.807) is 6.20 Å². The SMILES string of the molecule is COC(=O)c1cncn1[C@H]1[C@H]2CCCC[C@H]2CCC1(C)C. The van der Waals surface area contributed by atoms with Crippen molar-refractivity contribution in [3.63, 3.8) is 0 Å². The summed E-state index contributed by atoms with van der Waals surface area (Å²) < 4.78 is 7.04. The van der Waals surface area contributed by atoms with Crippen molar-refractivity contribution in [3.05, 3.63) is 18.2 Å². The Morgan fingerprint density at radius 2 is 2.10 bits per heavy atom. The summed E-state index contributed by atoms with van der Waals surface area (Å²) in [4.78, 5) is 16.3. The van der Waals surface area contributed by atoms with E-state index in [-0.39, 0.29) is 11.4 Å². The summed E-state index contributed by atoms with van der Waals surface area (Å²) in [5.74, 6) is 1.20. The zero-order valence-electron chi connectivity index (χ0n) is 13.3. The Hall–Kier alpha value is -1.32. The first-order chi connectivity index (χ1) is 10.0. The van der Waals surface area contributed by atoms with E-state index in [4.69, 9.17) is 4.74 Å². The molecule has 2 aliphatic rings. The molecule has 0 amide bonds. The first kappa shape index (κ1) is 14.6. The van der Waals surface area contributed by atoms with E-state index in [1.807, 2.05) is 6.33 Å². The maximum Gasteiger partial charge on any atom is 0.356 e. The number of methoxy groups -OCH3 is 1. The molecule has 0 aromatic carbocycles. The van der Waals surface area contributed by atoms with Gasteiger partial charge in [-0.15, -0.1) is 0 Å². The molecule has 4 heteroatoms. The number of aromatic nitrogens is 2. The molecule has 0 spiro atoms. The molecule has 3 rings (SSSR count). The van der Waals surface area contributed by atoms with Gasteiger partial charge in [0.15, 0.2) is 0 Å². The van der Waals surface area contributed by atoms with Crippen molar-refractivity contribution in [2.75, 3.05) is 7.11 Å². The maximum absolute atomic E-state index is 12.0. The van der Waals surface area contributed by atoms with Crippen LogP contribution in [0.5, 0.6) is 0 Å². The van der Waals surface area contributed by atoms with Crippen LogP contribution in [0.25, 0.3) is 0 Å². The van der Waals surface area contributed by atoms with Crippen LogP contribution in [0.15, 0.2) is 12.5 Å². The number of ether oxygens (including phenoxy) is 1. The Morgan fingerprint density at radius 3 is 2.86 bits per heavy atom. The zero-order valence-corrected chi connectivity index (χ0v) is 13.3. The second-order valence-electron chi connectivity index (χ2n) is 7.36. The van der Waals surface area contributed by atoms with Gasteiger partial charge in [0.25, 0.3) is 0 Å². The summed E-state index contributed by atoms with van der Waals surface area (Å²) in [7, 11) is 1.44. The third-order valence-electron chi connectivity index (χ3n) is 5.69. The predicted molar refractivity (Wildman–Crippen MR) is 81.1 cm³/mol. The van der Waals surface area contributed by atoms with Gasteiger partial charge in [-0.05, 0) is 36.5 Å². The summed E-state index contributed by atoms with van der Waals surface area (Å²) in [6.45, 7) is 4.67. The zero-order chi connectivity index (χ0) is 15.0. The van der Waals surface area contributed by atoms with Crippen LogP contribution >= 0.6 is 0 Å². The number of hydrogen-bond acceptors (Lipinski definition) is 3. The van der Waals surface area contributed by atoms with Crippen molar-refractivity contribution in [3.8, 4) is 0 Å². The topological polar surface area (TPSA) is 44.1 Å². The molecular formula is C17H26N2O2. The first-order valence-corrected chi connectivity index (χ1v) is 8.15. The van der Waals surface area contributed by atoms with Gasteiger partial charge in [-0.3, -0.25) is 0 Å². The minimum atomic E-state index is -0.277. The molecule has 0 aliphatic heterocycles. The number of hydrogen-bond donors (Lipinski definition) is 0. The fourth-order valence-corrected chi connectivity index (χ4v) is 4.67. The monoisotopic (exact) mass is 290 g/mol. The molecular weight excluding hydrogens is 264 g/mol. The highest BCUT2D eigenvalue weighted by molar-refractivity contribution is 5.87. The fraction of sp³-hybridized carbons (Fsp3) is 0.765. The van der Waals surface area contributed by atoms with Crippen LogP contribution in [-0.2, 0) is 4.74 Å². The van der Waals surface area contributed by atoms with Gasteiger partial charge in [0.05, 0.1) is 19.6 Å². The van der Waals surface area contributed by atoms with E-state index >= 15 is 0 Å². The minimum Gasteiger partial charge on any atom is -0.464 e. The average molecular weight is 290 g/mol. The van der Waals surface area contributed by atoms with Gasteiger partial charge >= 0.3 is 5.97 Å². The number of carbonyl (C=O) groups excluding carboxylic acids is 1. The van der Waals surface area contributed by atoms with E-state index in [2.05, 4.69) is 23.4 Å². The van der Waals surface area contributed by atoms with Gasteiger partial charge in [0.1, 0.15) is 5.69 Å². The highest BCUT2D eigenvalue weighted by Crippen LogP contribution is 2.54. The maximum atomic E-state index is 12.0. The van der Waals surface area contributed by atoms with Crippen LogP contribution < -0.4 is 0 Å². The fourth-order valence-electron chi connectivity index (χ4n) is 4.67. The van der Waals surface area contributed by atoms with Crippen LogP contribution in [-0.4, -0.2) is 22.6 Å². The number of esters is 1. The number of carbonyl (C=O) groups is 1. The van der Waals surface area contributed by atoms with Crippen LogP contribution in [0.4, 0.5) is 0 Å². The van der Waals surface area contributed by atoms with Crippen molar-refractivity contribution >= 4 is 5.97 Å². The van der Waals surface area contributed by atoms with Gasteiger partial charge < -0.3 is 9.30 Å². The molecule has 1 aromatic rings. The number of fused-ring (bicyclic) bond motifs is 1. The molecule has 2 aliphatic carbocycles. The lowest BCUT2D eigenvalue weighted by Gasteiger charge is -2.50. The van der Waals surface area contributed by atoms with Crippen LogP contribution in [0, 0.1) is 17.3 Å². The normalized spacial score (nSPS) is 31.5. The van der Waals surface area contributed by atoms with Crippen LogP contribution in [0.3, 0.4) is 0 Å². The molecule has 2 saturated carbocycles. The summed E-state index contributed by atoms with van der Waals surface area (Å²) in [6, 6.07) is 0.355. The van der Waals surface area contributed by atoms with E-state index < -0.39 is 0 Å². The highest BCUT2D eigenvalue weighted by Gasteiger charge is 2.46. The van der Waals surface area contributed by atoms with E-state index in [0.717, 1.165) is 5.92 Å².